The molecule has 0 amide bonds. The maximum Gasteiger partial charge on any atom is 0.115 e. The highest BCUT2D eigenvalue weighted by Crippen LogP contribution is 2.10. The molecule has 1 rings (SSSR count). The first-order chi connectivity index (χ1) is 7.18. The zero-order chi connectivity index (χ0) is 12.3. The van der Waals surface area contributed by atoms with E-state index in [1.807, 2.05) is 39.8 Å². The van der Waals surface area contributed by atoms with Gasteiger partial charge in [-0.15, -0.1) is 0 Å². The molecular weight excluding hydrogens is 188 g/mol. The number of phenols is 1. The Balaban J connectivity index is 0. The lowest BCUT2D eigenvalue weighted by molar-refractivity contribution is 0.195. The summed E-state index contributed by atoms with van der Waals surface area (Å²) in [7, 11) is 0. The summed E-state index contributed by atoms with van der Waals surface area (Å²) in [6.07, 6.45) is 0.319. The van der Waals surface area contributed by atoms with Gasteiger partial charge in [0.15, 0.2) is 0 Å². The molecule has 0 spiro atoms. The van der Waals surface area contributed by atoms with Crippen molar-refractivity contribution in [2.45, 2.75) is 47.1 Å². The van der Waals surface area contributed by atoms with Gasteiger partial charge in [-0.1, -0.05) is 39.8 Å². The SMILES string of the molecule is CC.CC.CC(O)Cc1ccc(O)cc1. The molecule has 1 atom stereocenters. The fourth-order valence-electron chi connectivity index (χ4n) is 0.973. The number of hydrogen-bond donors (Lipinski definition) is 2. The molecule has 2 nitrogen and oxygen atoms in total. The van der Waals surface area contributed by atoms with E-state index in [1.54, 1.807) is 19.1 Å². The molecule has 0 bridgehead atoms. The number of phenolic OH excluding ortho intramolecular Hbond substituents is 1. The average Bonchev–Trinajstić information content (AvgIpc) is 2.27. The highest BCUT2D eigenvalue weighted by molar-refractivity contribution is 5.26. The van der Waals surface area contributed by atoms with Crippen LogP contribution >= 0.6 is 0 Å². The lowest BCUT2D eigenvalue weighted by Gasteiger charge is -2.03. The third-order valence-electron chi connectivity index (χ3n) is 1.47. The number of benzene rings is 1. The van der Waals surface area contributed by atoms with E-state index in [0.717, 1.165) is 5.56 Å². The highest BCUT2D eigenvalue weighted by atomic mass is 16.3. The first-order valence-electron chi connectivity index (χ1n) is 5.64. The van der Waals surface area contributed by atoms with Crippen molar-refractivity contribution in [1.82, 2.24) is 0 Å². The lowest BCUT2D eigenvalue weighted by Crippen LogP contribution is -2.03. The monoisotopic (exact) mass is 212 g/mol. The molecule has 2 heteroatoms. The third kappa shape index (κ3) is 9.29. The molecule has 0 saturated carbocycles. The van der Waals surface area contributed by atoms with Crippen LogP contribution < -0.4 is 0 Å². The van der Waals surface area contributed by atoms with Crippen molar-refractivity contribution < 1.29 is 10.2 Å². The Morgan fingerprint density at radius 1 is 1.00 bits per heavy atom. The van der Waals surface area contributed by atoms with Crippen molar-refractivity contribution in [3.8, 4) is 5.75 Å². The number of rotatable bonds is 2. The number of hydrogen-bond acceptors (Lipinski definition) is 2. The summed E-state index contributed by atoms with van der Waals surface area (Å²) in [4.78, 5) is 0. The lowest BCUT2D eigenvalue weighted by atomic mass is 10.1. The molecule has 1 aromatic rings. The molecule has 0 fully saturated rings. The standard InChI is InChI=1S/C9H12O2.2C2H6/c1-7(10)6-8-2-4-9(11)5-3-8;2*1-2/h2-5,7,10-11H,6H2,1H3;2*1-2H3. The minimum atomic E-state index is -0.320. The van der Waals surface area contributed by atoms with Crippen LogP contribution in [-0.4, -0.2) is 16.3 Å². The van der Waals surface area contributed by atoms with Crippen LogP contribution in [0.2, 0.25) is 0 Å². The molecule has 0 heterocycles. The van der Waals surface area contributed by atoms with Crippen LogP contribution in [0, 0.1) is 0 Å². The summed E-state index contributed by atoms with van der Waals surface area (Å²) in [5.74, 6) is 0.263. The maximum absolute atomic E-state index is 9.01. The molecule has 0 saturated heterocycles. The van der Waals surface area contributed by atoms with E-state index in [2.05, 4.69) is 0 Å². The summed E-state index contributed by atoms with van der Waals surface area (Å²) in [6.45, 7) is 9.74. The molecule has 0 aliphatic heterocycles. The summed E-state index contributed by atoms with van der Waals surface area (Å²) < 4.78 is 0. The van der Waals surface area contributed by atoms with E-state index in [1.165, 1.54) is 0 Å². The van der Waals surface area contributed by atoms with Crippen LogP contribution in [0.3, 0.4) is 0 Å². The fraction of sp³-hybridized carbons (Fsp3) is 0.538. The van der Waals surface area contributed by atoms with E-state index >= 15 is 0 Å². The van der Waals surface area contributed by atoms with Gasteiger partial charge in [0.1, 0.15) is 5.75 Å². The minimum absolute atomic E-state index is 0.263. The van der Waals surface area contributed by atoms with Crippen LogP contribution in [0.4, 0.5) is 0 Å². The molecule has 0 radical (unpaired) electrons. The Bertz CT molecular complexity index is 214. The maximum atomic E-state index is 9.01. The molecule has 15 heavy (non-hydrogen) atoms. The second kappa shape index (κ2) is 11.1. The summed E-state index contributed by atoms with van der Waals surface area (Å²) >= 11 is 0. The van der Waals surface area contributed by atoms with Crippen molar-refractivity contribution in [1.29, 1.82) is 0 Å². The Morgan fingerprint density at radius 2 is 1.40 bits per heavy atom. The molecule has 1 unspecified atom stereocenters. The second-order valence-electron chi connectivity index (χ2n) is 2.72. The zero-order valence-electron chi connectivity index (χ0n) is 10.5. The first kappa shape index (κ1) is 16.4. The molecule has 88 valence electrons. The molecule has 0 aliphatic rings. The van der Waals surface area contributed by atoms with Crippen LogP contribution in [-0.2, 0) is 6.42 Å². The van der Waals surface area contributed by atoms with Gasteiger partial charge in [-0.3, -0.25) is 0 Å². The van der Waals surface area contributed by atoms with Gasteiger partial charge < -0.3 is 10.2 Å². The van der Waals surface area contributed by atoms with Crippen LogP contribution in [0.15, 0.2) is 24.3 Å². The molecule has 2 N–H and O–H groups in total. The van der Waals surface area contributed by atoms with Gasteiger partial charge in [0, 0.05) is 0 Å². The van der Waals surface area contributed by atoms with Crippen molar-refractivity contribution in [3.05, 3.63) is 29.8 Å². The van der Waals surface area contributed by atoms with Gasteiger partial charge >= 0.3 is 0 Å². The summed E-state index contributed by atoms with van der Waals surface area (Å²) in [5.41, 5.74) is 1.04. The Hall–Kier alpha value is -1.02. The number of aliphatic hydroxyl groups excluding tert-OH is 1. The van der Waals surface area contributed by atoms with Crippen molar-refractivity contribution in [2.24, 2.45) is 0 Å². The third-order valence-corrected chi connectivity index (χ3v) is 1.47. The first-order valence-corrected chi connectivity index (χ1v) is 5.64. The smallest absolute Gasteiger partial charge is 0.115 e. The largest absolute Gasteiger partial charge is 0.508 e. The summed E-state index contributed by atoms with van der Waals surface area (Å²) in [6, 6.07) is 6.86. The van der Waals surface area contributed by atoms with Crippen molar-refractivity contribution in [3.63, 3.8) is 0 Å². The van der Waals surface area contributed by atoms with Gasteiger partial charge in [-0.2, -0.15) is 0 Å². The Morgan fingerprint density at radius 3 is 1.73 bits per heavy atom. The van der Waals surface area contributed by atoms with E-state index in [0.29, 0.717) is 6.42 Å². The van der Waals surface area contributed by atoms with Crippen molar-refractivity contribution >= 4 is 0 Å². The molecular formula is C13H24O2. The molecule has 1 aromatic carbocycles. The zero-order valence-corrected chi connectivity index (χ0v) is 10.5. The molecule has 0 aliphatic carbocycles. The summed E-state index contributed by atoms with van der Waals surface area (Å²) in [5, 5.41) is 17.9. The second-order valence-corrected chi connectivity index (χ2v) is 2.72. The highest BCUT2D eigenvalue weighted by Gasteiger charge is 1.97. The van der Waals surface area contributed by atoms with Gasteiger partial charge in [-0.05, 0) is 31.0 Å². The fourth-order valence-corrected chi connectivity index (χ4v) is 0.973. The quantitative estimate of drug-likeness (QED) is 0.789. The van der Waals surface area contributed by atoms with E-state index < -0.39 is 0 Å². The van der Waals surface area contributed by atoms with Crippen LogP contribution in [0.5, 0.6) is 5.75 Å². The topological polar surface area (TPSA) is 40.5 Å². The Labute approximate surface area is 93.6 Å². The van der Waals surface area contributed by atoms with Crippen LogP contribution in [0.25, 0.3) is 0 Å². The minimum Gasteiger partial charge on any atom is -0.508 e. The predicted octanol–water partition coefficient (Wildman–Crippen LogP) is 3.37. The molecule has 0 aromatic heterocycles. The van der Waals surface area contributed by atoms with E-state index in [4.69, 9.17) is 10.2 Å². The predicted molar refractivity (Wildman–Crippen MR) is 66.2 cm³/mol. The van der Waals surface area contributed by atoms with E-state index in [-0.39, 0.29) is 11.9 Å². The van der Waals surface area contributed by atoms with Gasteiger partial charge in [0.25, 0.3) is 0 Å². The number of aromatic hydroxyl groups is 1. The van der Waals surface area contributed by atoms with E-state index in [9.17, 15) is 0 Å². The normalized spacial score (nSPS) is 10.3. The van der Waals surface area contributed by atoms with Gasteiger partial charge in [-0.25, -0.2) is 0 Å². The Kier molecular flexibility index (Phi) is 12.1. The number of aliphatic hydroxyl groups is 1. The van der Waals surface area contributed by atoms with Gasteiger partial charge in [0.2, 0.25) is 0 Å². The average molecular weight is 212 g/mol. The van der Waals surface area contributed by atoms with Crippen molar-refractivity contribution in [2.75, 3.05) is 0 Å². The van der Waals surface area contributed by atoms with Gasteiger partial charge in [0.05, 0.1) is 6.10 Å². The van der Waals surface area contributed by atoms with Crippen LogP contribution in [0.1, 0.15) is 40.2 Å².